The number of para-hydroxylation sites is 1. The first-order valence-electron chi connectivity index (χ1n) is 9.58. The molecular formula is C20H20N4O5S2. The number of hydrogen-bond acceptors (Lipinski definition) is 8. The Hall–Kier alpha value is -3.05. The molecule has 0 unspecified atom stereocenters. The number of nitro benzene ring substituents is 1. The highest BCUT2D eigenvalue weighted by Crippen LogP contribution is 2.33. The largest absolute Gasteiger partial charge is 0.345 e. The maximum atomic E-state index is 12.6. The van der Waals surface area contributed by atoms with E-state index < -0.39 is 14.8 Å². The number of hydrogen-bond donors (Lipinski definition) is 0. The topological polar surface area (TPSA) is 114 Å². The van der Waals surface area contributed by atoms with Gasteiger partial charge in [-0.15, -0.1) is 0 Å². The molecule has 0 atom stereocenters. The molecule has 2 aromatic carbocycles. The molecule has 3 aromatic rings. The van der Waals surface area contributed by atoms with Gasteiger partial charge in [-0.05, 0) is 17.7 Å². The number of non-ortho nitro benzene ring substituents is 1. The fourth-order valence-electron chi connectivity index (χ4n) is 3.52. The van der Waals surface area contributed by atoms with Crippen molar-refractivity contribution in [3.8, 4) is 0 Å². The minimum atomic E-state index is -3.37. The molecule has 9 nitrogen and oxygen atoms in total. The smallest absolute Gasteiger partial charge is 0.269 e. The summed E-state index contributed by atoms with van der Waals surface area (Å²) in [5.41, 5.74) is 1.22. The summed E-state index contributed by atoms with van der Waals surface area (Å²) >= 11 is 1.44. The number of benzene rings is 2. The second kappa shape index (κ2) is 8.23. The van der Waals surface area contributed by atoms with E-state index in [1.54, 1.807) is 29.2 Å². The van der Waals surface area contributed by atoms with Crippen LogP contribution in [0, 0.1) is 10.1 Å². The number of fused-ring (bicyclic) bond motifs is 1. The first kappa shape index (κ1) is 21.2. The van der Waals surface area contributed by atoms with E-state index in [1.807, 2.05) is 6.07 Å². The molecule has 1 aliphatic rings. The van der Waals surface area contributed by atoms with Crippen molar-refractivity contribution in [3.05, 3.63) is 58.1 Å². The van der Waals surface area contributed by atoms with Crippen molar-refractivity contribution in [2.24, 2.45) is 0 Å². The van der Waals surface area contributed by atoms with E-state index in [4.69, 9.17) is 0 Å². The van der Waals surface area contributed by atoms with Crippen molar-refractivity contribution in [2.45, 2.75) is 11.3 Å². The number of aromatic nitrogens is 1. The number of amides is 1. The molecule has 4 rings (SSSR count). The lowest BCUT2D eigenvalue weighted by molar-refractivity contribution is -0.384. The Morgan fingerprint density at radius 3 is 2.42 bits per heavy atom. The molecule has 1 aliphatic heterocycles. The summed E-state index contributed by atoms with van der Waals surface area (Å²) in [5.74, 6) is -0.0304. The number of nitro groups is 1. The summed E-state index contributed by atoms with van der Waals surface area (Å²) < 4.78 is 24.9. The molecule has 0 bridgehead atoms. The summed E-state index contributed by atoms with van der Waals surface area (Å²) in [6, 6.07) is 11.1. The van der Waals surface area contributed by atoms with Crippen molar-refractivity contribution < 1.29 is 18.1 Å². The third-order valence-electron chi connectivity index (χ3n) is 5.18. The van der Waals surface area contributed by atoms with E-state index in [2.05, 4.69) is 9.88 Å². The monoisotopic (exact) mass is 460 g/mol. The van der Waals surface area contributed by atoms with Crippen molar-refractivity contribution >= 4 is 48.1 Å². The molecule has 0 spiro atoms. The van der Waals surface area contributed by atoms with Crippen LogP contribution in [0.1, 0.15) is 5.56 Å². The number of nitrogens with zero attached hydrogens (tertiary/aromatic N) is 4. The highest BCUT2D eigenvalue weighted by molar-refractivity contribution is 7.91. The lowest BCUT2D eigenvalue weighted by Crippen LogP contribution is -2.49. The van der Waals surface area contributed by atoms with Crippen LogP contribution in [0.5, 0.6) is 0 Å². The van der Waals surface area contributed by atoms with Crippen LogP contribution in [0.25, 0.3) is 10.2 Å². The zero-order valence-corrected chi connectivity index (χ0v) is 18.4. The lowest BCUT2D eigenvalue weighted by atomic mass is 10.1. The molecular weight excluding hydrogens is 440 g/mol. The van der Waals surface area contributed by atoms with E-state index in [-0.39, 0.29) is 22.9 Å². The zero-order valence-electron chi connectivity index (χ0n) is 16.7. The van der Waals surface area contributed by atoms with Gasteiger partial charge in [0.1, 0.15) is 5.52 Å². The third kappa shape index (κ3) is 4.52. The van der Waals surface area contributed by atoms with E-state index >= 15 is 0 Å². The van der Waals surface area contributed by atoms with Crippen molar-refractivity contribution in [1.82, 2.24) is 9.88 Å². The second-order valence-electron chi connectivity index (χ2n) is 7.34. The van der Waals surface area contributed by atoms with Crippen LogP contribution >= 0.6 is 11.3 Å². The van der Waals surface area contributed by atoms with Crippen LogP contribution in [0.2, 0.25) is 0 Å². The van der Waals surface area contributed by atoms with Crippen LogP contribution in [0.15, 0.2) is 47.4 Å². The van der Waals surface area contributed by atoms with E-state index in [0.717, 1.165) is 15.4 Å². The molecule has 162 valence electrons. The highest BCUT2D eigenvalue weighted by Gasteiger charge is 2.24. The molecule has 1 amide bonds. The quantitative estimate of drug-likeness (QED) is 0.424. The molecule has 0 aliphatic carbocycles. The first-order chi connectivity index (χ1) is 14.7. The lowest BCUT2D eigenvalue weighted by Gasteiger charge is -2.34. The fourth-order valence-corrected chi connectivity index (χ4v) is 5.46. The maximum Gasteiger partial charge on any atom is 0.269 e. The highest BCUT2D eigenvalue weighted by atomic mass is 32.2. The molecule has 0 N–H and O–H groups in total. The Kier molecular flexibility index (Phi) is 5.63. The summed E-state index contributed by atoms with van der Waals surface area (Å²) in [5, 5.41) is 11.5. The van der Waals surface area contributed by atoms with E-state index in [1.165, 1.54) is 29.7 Å². The molecule has 2 heterocycles. The average molecular weight is 461 g/mol. The van der Waals surface area contributed by atoms with Crippen molar-refractivity contribution in [1.29, 1.82) is 0 Å². The normalized spacial score (nSPS) is 14.7. The summed E-state index contributed by atoms with van der Waals surface area (Å²) in [6.45, 7) is 2.25. The number of carbonyl (C=O) groups excluding carboxylic acids is 1. The SMILES string of the molecule is CS(=O)(=O)c1cccc2sc(N3CCN(C(=O)Cc4ccc([N+](=O)[O-])cc4)CC3)nc12. The second-order valence-corrected chi connectivity index (χ2v) is 10.3. The van der Waals surface area contributed by atoms with Crippen LogP contribution < -0.4 is 4.90 Å². The van der Waals surface area contributed by atoms with Gasteiger partial charge in [0.2, 0.25) is 5.91 Å². The summed E-state index contributed by atoms with van der Waals surface area (Å²) in [7, 11) is -3.37. The standard InChI is InChI=1S/C20H20N4O5S2/c1-31(28,29)17-4-2-3-16-19(17)21-20(30-16)23-11-9-22(10-12-23)18(25)13-14-5-7-15(8-6-14)24(26)27/h2-8H,9-13H2,1H3. The molecule has 11 heteroatoms. The van der Waals surface area contributed by atoms with Gasteiger partial charge in [-0.3, -0.25) is 14.9 Å². The average Bonchev–Trinajstić information content (AvgIpc) is 3.17. The van der Waals surface area contributed by atoms with E-state index in [0.29, 0.717) is 31.7 Å². The van der Waals surface area contributed by atoms with Crippen LogP contribution in [-0.2, 0) is 21.1 Å². The minimum absolute atomic E-state index is 0.000298. The summed E-state index contributed by atoms with van der Waals surface area (Å²) in [6.07, 6.45) is 1.37. The maximum absolute atomic E-state index is 12.6. The van der Waals surface area contributed by atoms with Crippen LogP contribution in [0.4, 0.5) is 10.8 Å². The van der Waals surface area contributed by atoms with Gasteiger partial charge in [-0.25, -0.2) is 13.4 Å². The number of anilines is 1. The molecule has 0 saturated carbocycles. The van der Waals surface area contributed by atoms with Gasteiger partial charge < -0.3 is 9.80 Å². The first-order valence-corrected chi connectivity index (χ1v) is 12.3. The minimum Gasteiger partial charge on any atom is -0.345 e. The molecule has 1 aromatic heterocycles. The van der Waals surface area contributed by atoms with Gasteiger partial charge >= 0.3 is 0 Å². The van der Waals surface area contributed by atoms with Gasteiger partial charge in [0.15, 0.2) is 15.0 Å². The number of carbonyl (C=O) groups is 1. The Balaban J connectivity index is 1.41. The van der Waals surface area contributed by atoms with Gasteiger partial charge in [0, 0.05) is 44.6 Å². The summed E-state index contributed by atoms with van der Waals surface area (Å²) in [4.78, 5) is 31.5. The molecule has 0 radical (unpaired) electrons. The predicted molar refractivity (Wildman–Crippen MR) is 118 cm³/mol. The Morgan fingerprint density at radius 2 is 1.81 bits per heavy atom. The third-order valence-corrected chi connectivity index (χ3v) is 7.39. The Labute approximate surface area is 183 Å². The number of thiazole rings is 1. The zero-order chi connectivity index (χ0) is 22.2. The molecule has 31 heavy (non-hydrogen) atoms. The van der Waals surface area contributed by atoms with Crippen LogP contribution in [0.3, 0.4) is 0 Å². The van der Waals surface area contributed by atoms with Gasteiger partial charge in [-0.2, -0.15) is 0 Å². The van der Waals surface area contributed by atoms with Gasteiger partial charge in [0.25, 0.3) is 5.69 Å². The number of rotatable bonds is 5. The Morgan fingerprint density at radius 1 is 1.13 bits per heavy atom. The van der Waals surface area contributed by atoms with Crippen LogP contribution in [-0.4, -0.2) is 61.6 Å². The van der Waals surface area contributed by atoms with Crippen molar-refractivity contribution in [2.75, 3.05) is 37.3 Å². The van der Waals surface area contributed by atoms with Gasteiger partial charge in [-0.1, -0.05) is 29.5 Å². The molecule has 1 saturated heterocycles. The molecule has 1 fully saturated rings. The number of sulfone groups is 1. The fraction of sp³-hybridized carbons (Fsp3) is 0.300. The van der Waals surface area contributed by atoms with Crippen molar-refractivity contribution in [3.63, 3.8) is 0 Å². The Bertz CT molecular complexity index is 1250. The number of piperazine rings is 1. The van der Waals surface area contributed by atoms with Gasteiger partial charge in [0.05, 0.1) is 20.9 Å². The van der Waals surface area contributed by atoms with E-state index in [9.17, 15) is 23.3 Å². The predicted octanol–water partition coefficient (Wildman–Crippen LogP) is 2.50.